The van der Waals surface area contributed by atoms with Crippen molar-refractivity contribution in [2.24, 2.45) is 5.92 Å². The number of nitrogens with one attached hydrogen (secondary N) is 1. The van der Waals surface area contributed by atoms with Gasteiger partial charge in [0.15, 0.2) is 0 Å². The molecule has 1 N–H and O–H groups in total. The molecular weight excluding hydrogens is 320 g/mol. The van der Waals surface area contributed by atoms with Crippen LogP contribution in [-0.2, 0) is 10.2 Å². The summed E-state index contributed by atoms with van der Waals surface area (Å²) in [6, 6.07) is 14.7. The molecule has 140 valence electrons. The molecule has 2 aromatic carbocycles. The summed E-state index contributed by atoms with van der Waals surface area (Å²) >= 11 is 0. The summed E-state index contributed by atoms with van der Waals surface area (Å²) in [6.45, 7) is 9.52. The number of hydrogen-bond acceptors (Lipinski definition) is 2. The third kappa shape index (κ3) is 4.16. The summed E-state index contributed by atoms with van der Waals surface area (Å²) in [5.74, 6) is 0.280. The Balaban J connectivity index is 2.59. The van der Waals surface area contributed by atoms with E-state index in [2.05, 4.69) is 81.1 Å². The Labute approximate surface area is 158 Å². The molecule has 0 aliphatic heterocycles. The van der Waals surface area contributed by atoms with Gasteiger partial charge in [0.2, 0.25) is 5.91 Å². The van der Waals surface area contributed by atoms with E-state index in [1.54, 1.807) is 6.08 Å². The lowest BCUT2D eigenvalue weighted by Gasteiger charge is -2.38. The highest BCUT2D eigenvalue weighted by atomic mass is 16.2. The Kier molecular flexibility index (Phi) is 6.98. The molecule has 0 spiro atoms. The average molecular weight is 353 g/mol. The molecule has 0 aliphatic carbocycles. The highest BCUT2D eigenvalue weighted by molar-refractivity contribution is 5.96. The Morgan fingerprint density at radius 2 is 1.88 bits per heavy atom. The Morgan fingerprint density at radius 1 is 1.19 bits per heavy atom. The van der Waals surface area contributed by atoms with Gasteiger partial charge in [-0.15, -0.1) is 6.58 Å². The number of fused-ring (bicyclic) bond motifs is 1. The van der Waals surface area contributed by atoms with Gasteiger partial charge in [0.1, 0.15) is 0 Å². The highest BCUT2D eigenvalue weighted by Gasteiger charge is 2.43. The predicted octanol–water partition coefficient (Wildman–Crippen LogP) is 4.38. The van der Waals surface area contributed by atoms with E-state index >= 15 is 0 Å². The van der Waals surface area contributed by atoms with Gasteiger partial charge in [0, 0.05) is 6.54 Å². The van der Waals surface area contributed by atoms with E-state index in [4.69, 9.17) is 0 Å². The van der Waals surface area contributed by atoms with E-state index in [0.29, 0.717) is 6.54 Å². The predicted molar refractivity (Wildman–Crippen MR) is 111 cm³/mol. The van der Waals surface area contributed by atoms with Crippen LogP contribution < -0.4 is 5.32 Å². The molecule has 2 rings (SSSR count). The van der Waals surface area contributed by atoms with Gasteiger partial charge < -0.3 is 10.2 Å². The van der Waals surface area contributed by atoms with Crippen molar-refractivity contribution in [2.45, 2.75) is 32.1 Å². The minimum Gasteiger partial charge on any atom is -0.352 e. The normalized spacial score (nSPS) is 13.8. The van der Waals surface area contributed by atoms with Crippen LogP contribution in [0.25, 0.3) is 10.8 Å². The van der Waals surface area contributed by atoms with Crippen molar-refractivity contribution in [1.29, 1.82) is 0 Å². The largest absolute Gasteiger partial charge is 0.352 e. The van der Waals surface area contributed by atoms with Crippen molar-refractivity contribution in [3.8, 4) is 0 Å². The van der Waals surface area contributed by atoms with E-state index in [-0.39, 0.29) is 11.8 Å². The molecule has 0 saturated heterocycles. The smallest absolute Gasteiger partial charge is 0.231 e. The third-order valence-electron chi connectivity index (χ3n) is 5.24. The van der Waals surface area contributed by atoms with Crippen molar-refractivity contribution in [3.63, 3.8) is 0 Å². The quantitative estimate of drug-likeness (QED) is 0.679. The monoisotopic (exact) mass is 352 g/mol. The second kappa shape index (κ2) is 9.00. The number of carbonyl (C=O) groups excluding carboxylic acids is 1. The van der Waals surface area contributed by atoms with Gasteiger partial charge in [-0.05, 0) is 55.7 Å². The number of rotatable bonds is 9. The molecule has 0 aliphatic rings. The van der Waals surface area contributed by atoms with E-state index < -0.39 is 5.41 Å². The molecule has 1 unspecified atom stereocenters. The second-order valence-electron chi connectivity index (χ2n) is 7.56. The summed E-state index contributed by atoms with van der Waals surface area (Å²) in [5.41, 5.74) is 0.575. The lowest BCUT2D eigenvalue weighted by molar-refractivity contribution is -0.128. The first-order chi connectivity index (χ1) is 12.4. The molecule has 26 heavy (non-hydrogen) atoms. The van der Waals surface area contributed by atoms with Gasteiger partial charge in [-0.25, -0.2) is 0 Å². The zero-order valence-corrected chi connectivity index (χ0v) is 16.6. The van der Waals surface area contributed by atoms with Crippen LogP contribution in [0, 0.1) is 5.92 Å². The van der Waals surface area contributed by atoms with Crippen LogP contribution in [0.2, 0.25) is 0 Å². The fourth-order valence-electron chi connectivity index (χ4n) is 3.84. The minimum atomic E-state index is -0.556. The molecule has 0 heterocycles. The minimum absolute atomic E-state index is 0.0995. The molecule has 0 radical (unpaired) electrons. The number of carbonyl (C=O) groups is 1. The molecule has 1 atom stereocenters. The van der Waals surface area contributed by atoms with Crippen LogP contribution in [0.5, 0.6) is 0 Å². The van der Waals surface area contributed by atoms with Crippen molar-refractivity contribution >= 4 is 16.7 Å². The third-order valence-corrected chi connectivity index (χ3v) is 5.24. The fraction of sp³-hybridized carbons (Fsp3) is 0.435. The zero-order valence-electron chi connectivity index (χ0n) is 16.6. The Hall–Kier alpha value is -2.13. The van der Waals surface area contributed by atoms with Gasteiger partial charge in [0.05, 0.1) is 5.41 Å². The molecule has 0 aromatic heterocycles. The van der Waals surface area contributed by atoms with Gasteiger partial charge in [-0.1, -0.05) is 62.4 Å². The topological polar surface area (TPSA) is 32.3 Å². The summed E-state index contributed by atoms with van der Waals surface area (Å²) in [5, 5.41) is 5.43. The second-order valence-corrected chi connectivity index (χ2v) is 7.56. The summed E-state index contributed by atoms with van der Waals surface area (Å²) in [7, 11) is 4.15. The molecule has 3 heteroatoms. The molecule has 0 fully saturated rings. The number of benzene rings is 2. The Bertz CT molecular complexity index is 745. The van der Waals surface area contributed by atoms with Gasteiger partial charge >= 0.3 is 0 Å². The fourth-order valence-corrected chi connectivity index (χ4v) is 3.84. The molecule has 0 bridgehead atoms. The first-order valence-corrected chi connectivity index (χ1v) is 9.45. The molecule has 0 saturated carbocycles. The van der Waals surface area contributed by atoms with Crippen molar-refractivity contribution in [1.82, 2.24) is 10.2 Å². The summed E-state index contributed by atoms with van der Waals surface area (Å²) < 4.78 is 0. The lowest BCUT2D eigenvalue weighted by Crippen LogP contribution is -2.48. The van der Waals surface area contributed by atoms with Gasteiger partial charge in [0.25, 0.3) is 0 Å². The molecule has 3 nitrogen and oxygen atoms in total. The van der Waals surface area contributed by atoms with E-state index in [0.717, 1.165) is 24.9 Å². The van der Waals surface area contributed by atoms with Crippen molar-refractivity contribution in [3.05, 3.63) is 60.7 Å². The maximum Gasteiger partial charge on any atom is 0.231 e. The lowest BCUT2D eigenvalue weighted by atomic mass is 9.66. The zero-order chi connectivity index (χ0) is 19.2. The number of nitrogens with zero attached hydrogens (tertiary/aromatic N) is 1. The number of amides is 1. The first-order valence-electron chi connectivity index (χ1n) is 9.45. The molecular formula is C23H32N2O. The molecule has 2 aromatic rings. The van der Waals surface area contributed by atoms with Crippen LogP contribution in [0.4, 0.5) is 0 Å². The van der Waals surface area contributed by atoms with E-state index in [1.807, 2.05) is 6.07 Å². The van der Waals surface area contributed by atoms with Crippen molar-refractivity contribution in [2.75, 3.05) is 27.2 Å². The highest BCUT2D eigenvalue weighted by Crippen LogP contribution is 2.41. The van der Waals surface area contributed by atoms with E-state index in [1.165, 1.54) is 10.8 Å². The number of hydrogen-bond donors (Lipinski definition) is 1. The van der Waals surface area contributed by atoms with E-state index in [9.17, 15) is 4.79 Å². The maximum absolute atomic E-state index is 13.4. The van der Waals surface area contributed by atoms with Gasteiger partial charge in [-0.3, -0.25) is 4.79 Å². The van der Waals surface area contributed by atoms with Crippen LogP contribution >= 0.6 is 0 Å². The summed E-state index contributed by atoms with van der Waals surface area (Å²) in [4.78, 5) is 15.6. The summed E-state index contributed by atoms with van der Waals surface area (Å²) in [6.07, 6.45) is 3.53. The van der Waals surface area contributed by atoms with Crippen molar-refractivity contribution < 1.29 is 4.79 Å². The van der Waals surface area contributed by atoms with Gasteiger partial charge in [-0.2, -0.15) is 0 Å². The van der Waals surface area contributed by atoms with Crippen LogP contribution in [0.15, 0.2) is 55.1 Å². The average Bonchev–Trinajstić information content (AvgIpc) is 2.62. The Morgan fingerprint density at radius 3 is 2.54 bits per heavy atom. The van der Waals surface area contributed by atoms with Crippen LogP contribution in [0.3, 0.4) is 0 Å². The maximum atomic E-state index is 13.4. The van der Waals surface area contributed by atoms with Crippen LogP contribution in [0.1, 0.15) is 32.3 Å². The standard InChI is InChI=1S/C23H32N2O/c1-6-16-24-22(26)23(18(2)3,15-10-17-25(4)5)21-14-9-12-19-11-7-8-13-20(19)21/h6-9,11-14,18H,1,10,15-17H2,2-5H3,(H,24,26). The SMILES string of the molecule is C=CCNC(=O)C(CCCN(C)C)(c1cccc2ccccc12)C(C)C. The first kappa shape index (κ1) is 20.2. The molecule has 1 amide bonds. The van der Waals surface area contributed by atoms with Crippen LogP contribution in [-0.4, -0.2) is 38.0 Å².